The minimum atomic E-state index is -0.998. The quantitative estimate of drug-likeness (QED) is 0.624. The van der Waals surface area contributed by atoms with Gasteiger partial charge in [-0.2, -0.15) is 0 Å². The molecule has 3 unspecified atom stereocenters. The summed E-state index contributed by atoms with van der Waals surface area (Å²) in [5.74, 6) is -1.73. The molecular weight excluding hydrogens is 272 g/mol. The molecule has 6 heteroatoms. The van der Waals surface area contributed by atoms with E-state index in [0.717, 1.165) is 6.42 Å². The summed E-state index contributed by atoms with van der Waals surface area (Å²) in [4.78, 5) is 23.5. The molecule has 3 atom stereocenters. The molecule has 0 aromatic carbocycles. The van der Waals surface area contributed by atoms with Crippen molar-refractivity contribution in [2.45, 2.75) is 58.6 Å². The van der Waals surface area contributed by atoms with E-state index < -0.39 is 22.8 Å². The van der Waals surface area contributed by atoms with Crippen molar-refractivity contribution in [1.82, 2.24) is 5.32 Å². The molecule has 0 heterocycles. The van der Waals surface area contributed by atoms with Gasteiger partial charge in [0.05, 0.1) is 12.0 Å². The first-order valence-corrected chi connectivity index (χ1v) is 7.62. The van der Waals surface area contributed by atoms with E-state index in [9.17, 15) is 9.59 Å². The first-order chi connectivity index (χ1) is 9.70. The van der Waals surface area contributed by atoms with Crippen LogP contribution in [0.5, 0.6) is 0 Å². The molecule has 1 aliphatic rings. The van der Waals surface area contributed by atoms with Gasteiger partial charge in [0.15, 0.2) is 0 Å². The number of nitrogens with one attached hydrogen (secondary N) is 1. The van der Waals surface area contributed by atoms with Crippen molar-refractivity contribution < 1.29 is 19.4 Å². The fourth-order valence-corrected chi connectivity index (χ4v) is 2.86. The molecule has 0 bridgehead atoms. The Morgan fingerprint density at radius 1 is 1.43 bits per heavy atom. The largest absolute Gasteiger partial charge is 0.481 e. The van der Waals surface area contributed by atoms with Crippen LogP contribution in [0.3, 0.4) is 0 Å². The van der Waals surface area contributed by atoms with Gasteiger partial charge >= 0.3 is 5.97 Å². The Balaban J connectivity index is 2.62. The van der Waals surface area contributed by atoms with Crippen LogP contribution < -0.4 is 11.1 Å². The van der Waals surface area contributed by atoms with Crippen LogP contribution in [0.4, 0.5) is 0 Å². The number of carbonyl (C=O) groups is 2. The van der Waals surface area contributed by atoms with E-state index >= 15 is 0 Å². The topological polar surface area (TPSA) is 102 Å². The van der Waals surface area contributed by atoms with Gasteiger partial charge in [0.1, 0.15) is 5.54 Å². The lowest BCUT2D eigenvalue weighted by Crippen LogP contribution is -2.76. The lowest BCUT2D eigenvalue weighted by Gasteiger charge is -2.57. The van der Waals surface area contributed by atoms with Gasteiger partial charge in [-0.05, 0) is 13.3 Å². The van der Waals surface area contributed by atoms with Gasteiger partial charge < -0.3 is 20.9 Å². The summed E-state index contributed by atoms with van der Waals surface area (Å²) < 4.78 is 5.59. The molecule has 0 aromatic heterocycles. The highest BCUT2D eigenvalue weighted by Crippen LogP contribution is 2.49. The van der Waals surface area contributed by atoms with Gasteiger partial charge in [0, 0.05) is 25.0 Å². The zero-order chi connectivity index (χ0) is 16.3. The van der Waals surface area contributed by atoms with Crippen molar-refractivity contribution in [2.24, 2.45) is 17.1 Å². The average Bonchev–Trinajstić information content (AvgIpc) is 2.42. The van der Waals surface area contributed by atoms with E-state index in [0.29, 0.717) is 19.4 Å². The smallest absolute Gasteiger partial charge is 0.308 e. The molecule has 0 radical (unpaired) electrons. The van der Waals surface area contributed by atoms with E-state index in [-0.39, 0.29) is 18.6 Å². The Morgan fingerprint density at radius 3 is 2.48 bits per heavy atom. The maximum Gasteiger partial charge on any atom is 0.308 e. The Bertz CT molecular complexity index is 397. The molecule has 122 valence electrons. The summed E-state index contributed by atoms with van der Waals surface area (Å²) in [7, 11) is 0. The fourth-order valence-electron chi connectivity index (χ4n) is 2.86. The van der Waals surface area contributed by atoms with Crippen molar-refractivity contribution in [3.63, 3.8) is 0 Å². The molecule has 1 saturated carbocycles. The molecule has 1 amide bonds. The number of rotatable bonds is 8. The van der Waals surface area contributed by atoms with E-state index in [1.807, 2.05) is 27.7 Å². The molecule has 0 aromatic rings. The minimum absolute atomic E-state index is 0.0378. The monoisotopic (exact) mass is 300 g/mol. The average molecular weight is 300 g/mol. The van der Waals surface area contributed by atoms with Crippen molar-refractivity contribution in [3.05, 3.63) is 0 Å². The fraction of sp³-hybridized carbons (Fsp3) is 0.867. The predicted octanol–water partition coefficient (Wildman–Crippen LogP) is 1.14. The predicted molar refractivity (Wildman–Crippen MR) is 79.8 cm³/mol. The molecule has 0 spiro atoms. The van der Waals surface area contributed by atoms with Crippen molar-refractivity contribution in [3.8, 4) is 0 Å². The molecule has 6 nitrogen and oxygen atoms in total. The number of carboxylic acid groups (broad SMARTS) is 1. The van der Waals surface area contributed by atoms with E-state index in [1.54, 1.807) is 0 Å². The normalized spacial score (nSPS) is 28.5. The molecule has 0 saturated heterocycles. The third kappa shape index (κ3) is 3.37. The number of amides is 1. The summed E-state index contributed by atoms with van der Waals surface area (Å²) in [6.07, 6.45) is 1.73. The first-order valence-electron chi connectivity index (χ1n) is 7.62. The number of nitrogens with two attached hydrogens (primary N) is 1. The second-order valence-corrected chi connectivity index (χ2v) is 6.38. The van der Waals surface area contributed by atoms with Crippen molar-refractivity contribution >= 4 is 11.9 Å². The first kappa shape index (κ1) is 17.9. The number of hydrogen-bond acceptors (Lipinski definition) is 4. The van der Waals surface area contributed by atoms with Gasteiger partial charge in [0.25, 0.3) is 0 Å². The molecular formula is C15H28N2O4. The molecule has 1 aliphatic carbocycles. The highest BCUT2D eigenvalue weighted by molar-refractivity contribution is 5.89. The summed E-state index contributed by atoms with van der Waals surface area (Å²) in [5.41, 5.74) is 4.78. The summed E-state index contributed by atoms with van der Waals surface area (Å²) >= 11 is 0. The standard InChI is InChI=1S/C15H28N2O4/c1-5-7-10(12(18)19)9-17-13(20)15(16)8-11(21-6-2)14(15,3)4/h10-11H,5-9,16H2,1-4H3,(H,17,20)(H,18,19). The van der Waals surface area contributed by atoms with Crippen molar-refractivity contribution in [1.29, 1.82) is 0 Å². The van der Waals surface area contributed by atoms with Gasteiger partial charge in [-0.1, -0.05) is 27.2 Å². The lowest BCUT2D eigenvalue weighted by atomic mass is 9.54. The second kappa shape index (κ2) is 6.75. The minimum Gasteiger partial charge on any atom is -0.481 e. The van der Waals surface area contributed by atoms with Crippen LogP contribution in [0.15, 0.2) is 0 Å². The Hall–Kier alpha value is -1.14. The Labute approximate surface area is 126 Å². The highest BCUT2D eigenvalue weighted by atomic mass is 16.5. The summed E-state index contributed by atoms with van der Waals surface area (Å²) in [6.45, 7) is 8.37. The molecule has 4 N–H and O–H groups in total. The number of hydrogen-bond donors (Lipinski definition) is 3. The molecule has 0 aliphatic heterocycles. The van der Waals surface area contributed by atoms with Crippen LogP contribution in [-0.2, 0) is 14.3 Å². The van der Waals surface area contributed by atoms with Gasteiger partial charge in [-0.3, -0.25) is 9.59 Å². The number of carboxylic acids is 1. The van der Waals surface area contributed by atoms with Crippen molar-refractivity contribution in [2.75, 3.05) is 13.2 Å². The zero-order valence-corrected chi connectivity index (χ0v) is 13.4. The molecule has 1 fully saturated rings. The lowest BCUT2D eigenvalue weighted by molar-refractivity contribution is -0.170. The van der Waals surface area contributed by atoms with Crippen LogP contribution in [0.1, 0.15) is 47.0 Å². The molecule has 1 rings (SSSR count). The van der Waals surface area contributed by atoms with Gasteiger partial charge in [0.2, 0.25) is 5.91 Å². The third-order valence-corrected chi connectivity index (χ3v) is 4.73. The van der Waals surface area contributed by atoms with Crippen LogP contribution in [-0.4, -0.2) is 41.8 Å². The maximum atomic E-state index is 12.4. The highest BCUT2D eigenvalue weighted by Gasteiger charge is 2.62. The van der Waals surface area contributed by atoms with Crippen LogP contribution in [0, 0.1) is 11.3 Å². The zero-order valence-electron chi connectivity index (χ0n) is 13.4. The molecule has 21 heavy (non-hydrogen) atoms. The van der Waals surface area contributed by atoms with E-state index in [1.165, 1.54) is 0 Å². The SMILES string of the molecule is CCCC(CNC(=O)C1(N)CC(OCC)C1(C)C)C(=O)O. The van der Waals surface area contributed by atoms with Gasteiger partial charge in [-0.15, -0.1) is 0 Å². The summed E-state index contributed by atoms with van der Waals surface area (Å²) in [5, 5.41) is 11.8. The number of carbonyl (C=O) groups excluding carboxylic acids is 1. The van der Waals surface area contributed by atoms with E-state index in [4.69, 9.17) is 15.6 Å². The van der Waals surface area contributed by atoms with Crippen LogP contribution in [0.2, 0.25) is 0 Å². The van der Waals surface area contributed by atoms with E-state index in [2.05, 4.69) is 5.32 Å². The van der Waals surface area contributed by atoms with Crippen LogP contribution >= 0.6 is 0 Å². The Morgan fingerprint density at radius 2 is 2.05 bits per heavy atom. The third-order valence-electron chi connectivity index (χ3n) is 4.73. The van der Waals surface area contributed by atoms with Gasteiger partial charge in [-0.25, -0.2) is 0 Å². The summed E-state index contributed by atoms with van der Waals surface area (Å²) in [6, 6.07) is 0. The second-order valence-electron chi connectivity index (χ2n) is 6.38. The number of ether oxygens (including phenoxy) is 1. The Kier molecular flexibility index (Phi) is 5.75. The van der Waals surface area contributed by atoms with Crippen LogP contribution in [0.25, 0.3) is 0 Å². The maximum absolute atomic E-state index is 12.4. The number of aliphatic carboxylic acids is 1.